The second kappa shape index (κ2) is 8.43. The molecule has 0 radical (unpaired) electrons. The topological polar surface area (TPSA) is 26.3 Å². The third-order valence-corrected chi connectivity index (χ3v) is 9.08. The van der Waals surface area contributed by atoms with Gasteiger partial charge in [0.15, 0.2) is 0 Å². The molecule has 0 spiro atoms. The first kappa shape index (κ1) is 22.7. The maximum atomic E-state index is 13.4. The van der Waals surface area contributed by atoms with E-state index in [1.54, 1.807) is 0 Å². The quantitative estimate of drug-likeness (QED) is 0.409. The highest BCUT2D eigenvalue weighted by molar-refractivity contribution is 5.78. The summed E-state index contributed by atoms with van der Waals surface area (Å²) in [6.45, 7) is 23.5. The third kappa shape index (κ3) is 4.09. The number of hydrogen-bond donors (Lipinski definition) is 0. The van der Waals surface area contributed by atoms with E-state index in [0.29, 0.717) is 35.7 Å². The van der Waals surface area contributed by atoms with Gasteiger partial charge in [0.1, 0.15) is 13.2 Å². The molecule has 0 aromatic carbocycles. The van der Waals surface area contributed by atoms with Crippen molar-refractivity contribution in [2.24, 2.45) is 34.5 Å². The number of ether oxygens (including phenoxy) is 1. The maximum absolute atomic E-state index is 13.4. The molecule has 0 aromatic rings. The number of rotatable bonds is 8. The number of hydrogen-bond acceptors (Lipinski definition) is 2. The Morgan fingerprint density at radius 2 is 1.67 bits per heavy atom. The zero-order chi connectivity index (χ0) is 20.5. The van der Waals surface area contributed by atoms with Crippen LogP contribution in [0.25, 0.3) is 0 Å². The minimum Gasteiger partial charge on any atom is -0.459 e. The molecular weight excluding hydrogens is 334 g/mol. The first-order valence-corrected chi connectivity index (χ1v) is 11.6. The fourth-order valence-corrected chi connectivity index (χ4v) is 6.29. The van der Waals surface area contributed by atoms with Crippen LogP contribution in [0.1, 0.15) is 81.1 Å². The van der Waals surface area contributed by atoms with Crippen molar-refractivity contribution >= 4 is 5.97 Å². The fourth-order valence-electron chi connectivity index (χ4n) is 6.29. The first-order valence-electron chi connectivity index (χ1n) is 11.6. The second-order valence-electron chi connectivity index (χ2n) is 10.6. The van der Waals surface area contributed by atoms with Gasteiger partial charge in [-0.2, -0.15) is 0 Å². The molecule has 27 heavy (non-hydrogen) atoms. The van der Waals surface area contributed by atoms with Crippen molar-refractivity contribution in [3.63, 3.8) is 0 Å². The molecule has 158 valence electrons. The summed E-state index contributed by atoms with van der Waals surface area (Å²) < 4.78 is 7.08. The number of esters is 1. The van der Waals surface area contributed by atoms with Gasteiger partial charge in [-0.25, -0.2) is 0 Å². The highest BCUT2D eigenvalue weighted by Crippen LogP contribution is 2.63. The highest BCUT2D eigenvalue weighted by atomic mass is 16.5. The summed E-state index contributed by atoms with van der Waals surface area (Å²) >= 11 is 0. The van der Waals surface area contributed by atoms with E-state index in [0.717, 1.165) is 49.9 Å². The van der Waals surface area contributed by atoms with Crippen molar-refractivity contribution in [2.45, 2.75) is 81.1 Å². The lowest BCUT2D eigenvalue weighted by Crippen LogP contribution is -2.52. The van der Waals surface area contributed by atoms with Gasteiger partial charge in [0, 0.05) is 0 Å². The van der Waals surface area contributed by atoms with Crippen LogP contribution in [0.4, 0.5) is 0 Å². The van der Waals surface area contributed by atoms with Gasteiger partial charge in [0.2, 0.25) is 0 Å². The lowest BCUT2D eigenvalue weighted by Gasteiger charge is -2.51. The fraction of sp³-hybridized carbons (Fsp3) is 0.958. The smallest absolute Gasteiger partial charge is 0.312 e. The van der Waals surface area contributed by atoms with Gasteiger partial charge in [-0.15, -0.1) is 0 Å². The van der Waals surface area contributed by atoms with Crippen molar-refractivity contribution in [2.75, 3.05) is 32.8 Å². The molecule has 2 rings (SSSR count). The summed E-state index contributed by atoms with van der Waals surface area (Å²) in [6, 6.07) is 0. The Morgan fingerprint density at radius 1 is 1.07 bits per heavy atom. The molecule has 4 atom stereocenters. The van der Waals surface area contributed by atoms with Crippen molar-refractivity contribution in [1.82, 2.24) is 0 Å². The zero-order valence-electron chi connectivity index (χ0n) is 19.4. The summed E-state index contributed by atoms with van der Waals surface area (Å²) in [6.07, 6.45) is 4.39. The molecule has 3 nitrogen and oxygen atoms in total. The average molecular weight is 381 g/mol. The van der Waals surface area contributed by atoms with Crippen LogP contribution in [-0.2, 0) is 9.53 Å². The van der Waals surface area contributed by atoms with Crippen LogP contribution in [0, 0.1) is 34.5 Å². The molecule has 2 fully saturated rings. The van der Waals surface area contributed by atoms with E-state index >= 15 is 0 Å². The number of quaternary nitrogens is 1. The average Bonchev–Trinajstić information content (AvgIpc) is 3.04. The van der Waals surface area contributed by atoms with E-state index in [2.05, 4.69) is 55.4 Å². The van der Waals surface area contributed by atoms with Gasteiger partial charge in [0.05, 0.1) is 25.0 Å². The van der Waals surface area contributed by atoms with Crippen molar-refractivity contribution in [3.05, 3.63) is 0 Å². The summed E-state index contributed by atoms with van der Waals surface area (Å²) in [5, 5.41) is 0. The summed E-state index contributed by atoms with van der Waals surface area (Å²) in [7, 11) is 0. The van der Waals surface area contributed by atoms with E-state index in [1.165, 1.54) is 6.42 Å². The van der Waals surface area contributed by atoms with Gasteiger partial charge in [-0.05, 0) is 75.5 Å². The van der Waals surface area contributed by atoms with Gasteiger partial charge in [-0.3, -0.25) is 4.79 Å². The zero-order valence-corrected chi connectivity index (χ0v) is 19.4. The van der Waals surface area contributed by atoms with E-state index in [-0.39, 0.29) is 11.4 Å². The van der Waals surface area contributed by atoms with Gasteiger partial charge >= 0.3 is 5.97 Å². The molecule has 2 aliphatic carbocycles. The van der Waals surface area contributed by atoms with Crippen molar-refractivity contribution in [3.8, 4) is 0 Å². The van der Waals surface area contributed by atoms with Gasteiger partial charge < -0.3 is 9.22 Å². The SMILES string of the molecule is CC[N+](CC)(CC)CCOC(=O)[C@]12CC[C@@H](C(C)C)C1C(C)C(C)(C)CC2. The van der Waals surface area contributed by atoms with Gasteiger partial charge in [-0.1, -0.05) is 34.6 Å². The van der Waals surface area contributed by atoms with Crippen LogP contribution in [-0.4, -0.2) is 43.2 Å². The maximum Gasteiger partial charge on any atom is 0.312 e. The Labute approximate surface area is 168 Å². The number of likely N-dealkylation sites (N-methyl/N-ethyl adjacent to an activating group) is 1. The lowest BCUT2D eigenvalue weighted by atomic mass is 9.53. The summed E-state index contributed by atoms with van der Waals surface area (Å²) in [4.78, 5) is 13.4. The Kier molecular flexibility index (Phi) is 7.09. The predicted octanol–water partition coefficient (Wildman–Crippen LogP) is 5.53. The molecule has 0 N–H and O–H groups in total. The van der Waals surface area contributed by atoms with Crippen LogP contribution in [0.5, 0.6) is 0 Å². The molecule has 0 amide bonds. The highest BCUT2D eigenvalue weighted by Gasteiger charge is 2.61. The van der Waals surface area contributed by atoms with E-state index in [4.69, 9.17) is 4.74 Å². The Morgan fingerprint density at radius 3 is 2.19 bits per heavy atom. The second-order valence-corrected chi connectivity index (χ2v) is 10.6. The number of carbonyl (C=O) groups is 1. The van der Waals surface area contributed by atoms with Crippen LogP contribution in [0.15, 0.2) is 0 Å². The Hall–Kier alpha value is -0.570. The molecule has 0 aromatic heterocycles. The van der Waals surface area contributed by atoms with Crippen molar-refractivity contribution in [1.29, 1.82) is 0 Å². The molecule has 0 aliphatic heterocycles. The van der Waals surface area contributed by atoms with Crippen LogP contribution >= 0.6 is 0 Å². The van der Waals surface area contributed by atoms with Crippen molar-refractivity contribution < 1.29 is 14.0 Å². The van der Waals surface area contributed by atoms with E-state index in [1.807, 2.05) is 0 Å². The van der Waals surface area contributed by atoms with Gasteiger partial charge in [0.25, 0.3) is 0 Å². The van der Waals surface area contributed by atoms with Crippen LogP contribution < -0.4 is 0 Å². The normalized spacial score (nSPS) is 33.1. The minimum atomic E-state index is -0.218. The molecule has 2 saturated carbocycles. The van der Waals surface area contributed by atoms with Crippen LogP contribution in [0.3, 0.4) is 0 Å². The van der Waals surface area contributed by atoms with E-state index in [9.17, 15) is 4.79 Å². The molecule has 0 bridgehead atoms. The molecule has 2 unspecified atom stereocenters. The number of carbonyl (C=O) groups excluding carboxylic acids is 1. The predicted molar refractivity (Wildman–Crippen MR) is 113 cm³/mol. The number of fused-ring (bicyclic) bond motifs is 1. The third-order valence-electron chi connectivity index (χ3n) is 9.08. The summed E-state index contributed by atoms with van der Waals surface area (Å²) in [5.74, 6) is 2.48. The van der Waals surface area contributed by atoms with E-state index < -0.39 is 0 Å². The standard InChI is InChI=1S/C24H46NO2/c1-9-25(10-2,11-3)16-17-27-22(26)24-13-12-20(18(4)5)21(24)19(6)23(7,8)14-15-24/h18-21H,9-17H2,1-8H3/q+1/t19?,20-,21?,24-/m0/s1. The minimum absolute atomic E-state index is 0.124. The Balaban J connectivity index is 2.15. The molecule has 0 saturated heterocycles. The molecule has 3 heteroatoms. The lowest BCUT2D eigenvalue weighted by molar-refractivity contribution is -0.923. The summed E-state index contributed by atoms with van der Waals surface area (Å²) in [5.41, 5.74) is 0.106. The first-order chi connectivity index (χ1) is 12.6. The monoisotopic (exact) mass is 380 g/mol. The molecular formula is C24H46NO2+. The number of nitrogens with zero attached hydrogens (tertiary/aromatic N) is 1. The largest absolute Gasteiger partial charge is 0.459 e. The molecule has 0 heterocycles. The molecule has 2 aliphatic rings. The van der Waals surface area contributed by atoms with Crippen LogP contribution in [0.2, 0.25) is 0 Å². The Bertz CT molecular complexity index is 500.